The zero-order chi connectivity index (χ0) is 21.1. The first-order chi connectivity index (χ1) is 14.6. The molecule has 30 heavy (non-hydrogen) atoms. The SMILES string of the molecule is COc1ccc(CCN2C(=O)NC(Cc3ccc4[nH]cc(CCN)c4c3)C2=O)cc1. The normalized spacial score (nSPS) is 16.3. The number of carbonyl (C=O) groups excluding carboxylic acids is 2. The molecule has 0 bridgehead atoms. The lowest BCUT2D eigenvalue weighted by molar-refractivity contribution is -0.127. The fraction of sp³-hybridized carbons (Fsp3) is 0.304. The number of benzene rings is 2. The first kappa shape index (κ1) is 20.0. The first-order valence-electron chi connectivity index (χ1n) is 10.1. The number of urea groups is 1. The highest BCUT2D eigenvalue weighted by molar-refractivity contribution is 6.04. The van der Waals surface area contributed by atoms with Gasteiger partial charge in [-0.1, -0.05) is 18.2 Å². The lowest BCUT2D eigenvalue weighted by Crippen LogP contribution is -2.33. The Morgan fingerprint density at radius 1 is 1.07 bits per heavy atom. The number of hydrogen-bond acceptors (Lipinski definition) is 4. The van der Waals surface area contributed by atoms with E-state index in [0.717, 1.165) is 39.8 Å². The van der Waals surface area contributed by atoms with E-state index in [2.05, 4.69) is 16.4 Å². The van der Waals surface area contributed by atoms with Crippen LogP contribution in [-0.2, 0) is 24.1 Å². The monoisotopic (exact) mass is 406 g/mol. The van der Waals surface area contributed by atoms with Gasteiger partial charge in [0.15, 0.2) is 0 Å². The topological polar surface area (TPSA) is 100 Å². The number of H-pyrrole nitrogens is 1. The third kappa shape index (κ3) is 4.02. The quantitative estimate of drug-likeness (QED) is 0.500. The molecule has 3 amide bonds. The minimum atomic E-state index is -0.539. The van der Waals surface area contributed by atoms with Gasteiger partial charge in [-0.3, -0.25) is 9.69 Å². The maximum Gasteiger partial charge on any atom is 0.324 e. The van der Waals surface area contributed by atoms with Crippen molar-refractivity contribution >= 4 is 22.8 Å². The first-order valence-corrected chi connectivity index (χ1v) is 10.1. The van der Waals surface area contributed by atoms with E-state index in [1.165, 1.54) is 4.90 Å². The predicted octanol–water partition coefficient (Wildman–Crippen LogP) is 2.38. The highest BCUT2D eigenvalue weighted by atomic mass is 16.5. The molecule has 1 atom stereocenters. The largest absolute Gasteiger partial charge is 0.497 e. The highest BCUT2D eigenvalue weighted by Gasteiger charge is 2.37. The second-order valence-electron chi connectivity index (χ2n) is 7.53. The molecule has 1 aliphatic heterocycles. The summed E-state index contributed by atoms with van der Waals surface area (Å²) in [7, 11) is 1.62. The third-order valence-electron chi connectivity index (χ3n) is 5.58. The minimum absolute atomic E-state index is 0.176. The number of hydrogen-bond donors (Lipinski definition) is 3. The van der Waals surface area contributed by atoms with Crippen LogP contribution in [-0.4, -0.2) is 48.1 Å². The molecule has 4 rings (SSSR count). The van der Waals surface area contributed by atoms with Gasteiger partial charge in [-0.05, 0) is 60.3 Å². The molecule has 4 N–H and O–H groups in total. The Bertz CT molecular complexity index is 1060. The van der Waals surface area contributed by atoms with Crippen LogP contribution in [0.3, 0.4) is 0 Å². The van der Waals surface area contributed by atoms with E-state index < -0.39 is 6.04 Å². The zero-order valence-electron chi connectivity index (χ0n) is 17.0. The summed E-state index contributed by atoms with van der Waals surface area (Å²) in [5, 5.41) is 3.94. The van der Waals surface area contributed by atoms with Crippen LogP contribution in [0.25, 0.3) is 10.9 Å². The van der Waals surface area contributed by atoms with E-state index in [-0.39, 0.29) is 11.9 Å². The summed E-state index contributed by atoms with van der Waals surface area (Å²) in [5.74, 6) is 0.604. The van der Waals surface area contributed by atoms with Crippen LogP contribution in [0, 0.1) is 0 Å². The number of fused-ring (bicyclic) bond motifs is 1. The van der Waals surface area contributed by atoms with Crippen LogP contribution in [0.1, 0.15) is 16.7 Å². The maximum absolute atomic E-state index is 12.8. The number of ether oxygens (including phenoxy) is 1. The molecular weight excluding hydrogens is 380 g/mol. The number of methoxy groups -OCH3 is 1. The molecule has 1 saturated heterocycles. The standard InChI is InChI=1S/C23H26N4O3/c1-30-18-5-2-15(3-6-18)9-11-27-22(28)21(26-23(27)29)13-16-4-7-20-19(12-16)17(8-10-24)14-25-20/h2-7,12,14,21,25H,8-11,13,24H2,1H3,(H,26,29). The van der Waals surface area contributed by atoms with Gasteiger partial charge >= 0.3 is 6.03 Å². The van der Waals surface area contributed by atoms with Gasteiger partial charge in [-0.15, -0.1) is 0 Å². The summed E-state index contributed by atoms with van der Waals surface area (Å²) in [6, 6.07) is 12.8. The van der Waals surface area contributed by atoms with E-state index >= 15 is 0 Å². The van der Waals surface area contributed by atoms with Crippen LogP contribution < -0.4 is 15.8 Å². The lowest BCUT2D eigenvalue weighted by atomic mass is 10.0. The van der Waals surface area contributed by atoms with Crippen molar-refractivity contribution in [2.75, 3.05) is 20.2 Å². The molecule has 156 valence electrons. The number of amides is 3. The van der Waals surface area contributed by atoms with Crippen molar-refractivity contribution in [3.8, 4) is 5.75 Å². The van der Waals surface area contributed by atoms with Crippen molar-refractivity contribution in [3.05, 3.63) is 65.4 Å². The Morgan fingerprint density at radius 3 is 2.57 bits per heavy atom. The molecular formula is C23H26N4O3. The molecule has 0 spiro atoms. The van der Waals surface area contributed by atoms with Crippen molar-refractivity contribution in [2.24, 2.45) is 5.73 Å². The molecule has 7 heteroatoms. The second kappa shape index (κ2) is 8.59. The number of rotatable bonds is 8. The molecule has 7 nitrogen and oxygen atoms in total. The Hall–Kier alpha value is -3.32. The molecule has 1 fully saturated rings. The molecule has 2 heterocycles. The number of imide groups is 1. The summed E-state index contributed by atoms with van der Waals surface area (Å²) < 4.78 is 5.16. The highest BCUT2D eigenvalue weighted by Crippen LogP contribution is 2.22. The van der Waals surface area contributed by atoms with Crippen molar-refractivity contribution in [3.63, 3.8) is 0 Å². The van der Waals surface area contributed by atoms with Gasteiger partial charge in [0.05, 0.1) is 7.11 Å². The predicted molar refractivity (Wildman–Crippen MR) is 115 cm³/mol. The Morgan fingerprint density at radius 2 is 1.83 bits per heavy atom. The summed E-state index contributed by atoms with van der Waals surface area (Å²) in [6.07, 6.45) is 3.84. The molecule has 1 unspecified atom stereocenters. The number of nitrogens with two attached hydrogens (primary N) is 1. The van der Waals surface area contributed by atoms with E-state index in [1.54, 1.807) is 7.11 Å². The van der Waals surface area contributed by atoms with Gasteiger partial charge in [0.2, 0.25) is 0 Å². The van der Waals surface area contributed by atoms with E-state index in [1.807, 2.05) is 42.6 Å². The summed E-state index contributed by atoms with van der Waals surface area (Å²) in [6.45, 7) is 0.933. The molecule has 1 aliphatic rings. The Labute approximate surface area is 175 Å². The summed E-state index contributed by atoms with van der Waals surface area (Å²) in [5.41, 5.74) is 9.96. The van der Waals surface area contributed by atoms with Crippen molar-refractivity contribution in [1.29, 1.82) is 0 Å². The smallest absolute Gasteiger partial charge is 0.324 e. The van der Waals surface area contributed by atoms with Crippen LogP contribution in [0.15, 0.2) is 48.7 Å². The zero-order valence-corrected chi connectivity index (χ0v) is 17.0. The number of aromatic nitrogens is 1. The maximum atomic E-state index is 12.8. The van der Waals surface area contributed by atoms with E-state index in [9.17, 15) is 9.59 Å². The minimum Gasteiger partial charge on any atom is -0.497 e. The van der Waals surface area contributed by atoms with Crippen LogP contribution >= 0.6 is 0 Å². The molecule has 0 radical (unpaired) electrons. The van der Waals surface area contributed by atoms with Gasteiger partial charge in [0.25, 0.3) is 5.91 Å². The average molecular weight is 406 g/mol. The third-order valence-corrected chi connectivity index (χ3v) is 5.58. The van der Waals surface area contributed by atoms with Gasteiger partial charge in [0, 0.05) is 30.1 Å². The molecule has 3 aromatic rings. The number of aromatic amines is 1. The second-order valence-corrected chi connectivity index (χ2v) is 7.53. The van der Waals surface area contributed by atoms with E-state index in [0.29, 0.717) is 25.9 Å². The molecule has 0 saturated carbocycles. The van der Waals surface area contributed by atoms with Crippen molar-refractivity contribution in [2.45, 2.75) is 25.3 Å². The summed E-state index contributed by atoms with van der Waals surface area (Å²) >= 11 is 0. The Kier molecular flexibility index (Phi) is 5.72. The van der Waals surface area contributed by atoms with Crippen LogP contribution in [0.4, 0.5) is 4.79 Å². The van der Waals surface area contributed by atoms with Gasteiger partial charge in [0.1, 0.15) is 11.8 Å². The van der Waals surface area contributed by atoms with Gasteiger partial charge in [-0.2, -0.15) is 0 Å². The van der Waals surface area contributed by atoms with Crippen LogP contribution in [0.2, 0.25) is 0 Å². The van der Waals surface area contributed by atoms with Gasteiger partial charge < -0.3 is 20.8 Å². The molecule has 0 aliphatic carbocycles. The number of nitrogens with zero attached hydrogens (tertiary/aromatic N) is 1. The Balaban J connectivity index is 1.42. The average Bonchev–Trinajstić information content (AvgIpc) is 3.27. The lowest BCUT2D eigenvalue weighted by Gasteiger charge is -2.13. The van der Waals surface area contributed by atoms with Crippen LogP contribution in [0.5, 0.6) is 5.75 Å². The van der Waals surface area contributed by atoms with Crippen molar-refractivity contribution in [1.82, 2.24) is 15.2 Å². The molecule has 2 aromatic carbocycles. The fourth-order valence-corrected chi connectivity index (χ4v) is 3.91. The van der Waals surface area contributed by atoms with Crippen molar-refractivity contribution < 1.29 is 14.3 Å². The number of nitrogens with one attached hydrogen (secondary N) is 2. The summed E-state index contributed by atoms with van der Waals surface area (Å²) in [4.78, 5) is 29.8. The number of carbonyl (C=O) groups is 2. The molecule has 1 aromatic heterocycles. The van der Waals surface area contributed by atoms with E-state index in [4.69, 9.17) is 10.5 Å². The van der Waals surface area contributed by atoms with Gasteiger partial charge in [-0.25, -0.2) is 4.79 Å². The fourth-order valence-electron chi connectivity index (χ4n) is 3.91.